The molecule has 27 heavy (non-hydrogen) atoms. The topological polar surface area (TPSA) is 69.4 Å². The summed E-state index contributed by atoms with van der Waals surface area (Å²) in [5.41, 5.74) is 4.19. The molecule has 4 rings (SSSR count). The fourth-order valence-electron chi connectivity index (χ4n) is 6.90. The van der Waals surface area contributed by atoms with E-state index >= 15 is 0 Å². The second-order valence-electron chi connectivity index (χ2n) is 9.23. The van der Waals surface area contributed by atoms with Crippen molar-refractivity contribution in [1.82, 2.24) is 0 Å². The zero-order valence-electron chi connectivity index (χ0n) is 16.8. The van der Waals surface area contributed by atoms with Gasteiger partial charge in [-0.2, -0.15) is 13.6 Å². The third-order valence-electron chi connectivity index (χ3n) is 8.18. The summed E-state index contributed by atoms with van der Waals surface area (Å²) < 4.78 is 28.0. The molecule has 0 bridgehead atoms. The average Bonchev–Trinajstić information content (AvgIpc) is 2.95. The van der Waals surface area contributed by atoms with Crippen molar-refractivity contribution in [2.75, 3.05) is 0 Å². The van der Waals surface area contributed by atoms with Crippen LogP contribution in [0.4, 0.5) is 0 Å². The van der Waals surface area contributed by atoms with Gasteiger partial charge in [-0.15, -0.1) is 0 Å². The molecule has 5 atom stereocenters. The number of fused-ring (bicyclic) bond motifs is 5. The number of benzene rings is 1. The predicted molar refractivity (Wildman–Crippen MR) is 108 cm³/mol. The molecule has 0 radical (unpaired) electrons. The minimum atomic E-state index is -3.99. The fraction of sp³-hybridized carbons (Fsp3) is 0.727. The molecule has 0 heterocycles. The maximum Gasteiger partial charge on any atom is 0.380 e. The van der Waals surface area contributed by atoms with Crippen LogP contribution in [-0.2, 0) is 23.1 Å². The van der Waals surface area contributed by atoms with Crippen molar-refractivity contribution in [3.63, 3.8) is 0 Å². The van der Waals surface area contributed by atoms with Crippen LogP contribution in [0.25, 0.3) is 0 Å². The van der Waals surface area contributed by atoms with Crippen LogP contribution in [0, 0.1) is 23.2 Å². The maximum atomic E-state index is 11.4. The van der Waals surface area contributed by atoms with E-state index in [0.717, 1.165) is 36.2 Å². The Kier molecular flexibility index (Phi) is 4.83. The number of aryl methyl sites for hydroxylation is 2. The van der Waals surface area contributed by atoms with Gasteiger partial charge in [0.25, 0.3) is 0 Å². The third kappa shape index (κ3) is 3.21. The molecule has 0 spiro atoms. The van der Waals surface area contributed by atoms with E-state index in [2.05, 4.69) is 19.9 Å². The molecule has 0 aromatic heterocycles. The molecule has 5 heteroatoms. The monoisotopic (exact) mass is 391 g/mol. The Morgan fingerprint density at radius 1 is 1.19 bits per heavy atom. The van der Waals surface area contributed by atoms with Crippen LogP contribution in [-0.4, -0.2) is 8.42 Å². The maximum absolute atomic E-state index is 11.4. The van der Waals surface area contributed by atoms with Gasteiger partial charge in [0.15, 0.2) is 0 Å². The third-order valence-corrected chi connectivity index (χ3v) is 8.59. The van der Waals surface area contributed by atoms with Crippen molar-refractivity contribution in [3.8, 4) is 5.75 Å². The summed E-state index contributed by atoms with van der Waals surface area (Å²) in [5, 5.41) is 5.12. The molecule has 3 unspecified atom stereocenters. The molecule has 1 aromatic carbocycles. The van der Waals surface area contributed by atoms with E-state index < -0.39 is 10.3 Å². The Morgan fingerprint density at radius 2 is 1.96 bits per heavy atom. The summed E-state index contributed by atoms with van der Waals surface area (Å²) in [6.45, 7) is 6.96. The van der Waals surface area contributed by atoms with Crippen LogP contribution < -0.4 is 9.32 Å². The van der Waals surface area contributed by atoms with Crippen molar-refractivity contribution in [2.24, 2.45) is 28.3 Å². The Bertz CT molecular complexity index is 834. The van der Waals surface area contributed by atoms with Crippen LogP contribution >= 0.6 is 0 Å². The van der Waals surface area contributed by atoms with E-state index in [-0.39, 0.29) is 0 Å². The van der Waals surface area contributed by atoms with Gasteiger partial charge in [-0.1, -0.05) is 33.3 Å². The van der Waals surface area contributed by atoms with E-state index in [4.69, 9.17) is 9.32 Å². The van der Waals surface area contributed by atoms with Gasteiger partial charge in [0.2, 0.25) is 0 Å². The minimum absolute atomic E-state index is 0.421. The highest BCUT2D eigenvalue weighted by Gasteiger charge is 2.54. The highest BCUT2D eigenvalue weighted by atomic mass is 32.2. The van der Waals surface area contributed by atoms with E-state index in [0.29, 0.717) is 17.1 Å². The first-order valence-corrected chi connectivity index (χ1v) is 12.1. The van der Waals surface area contributed by atoms with Gasteiger partial charge in [-0.3, -0.25) is 0 Å². The van der Waals surface area contributed by atoms with Crippen molar-refractivity contribution >= 4 is 10.3 Å². The van der Waals surface area contributed by atoms with Crippen LogP contribution in [0.3, 0.4) is 0 Å². The normalized spacial score (nSPS) is 35.3. The number of nitrogens with two attached hydrogens (primary N) is 1. The van der Waals surface area contributed by atoms with Crippen molar-refractivity contribution in [1.29, 1.82) is 0 Å². The summed E-state index contributed by atoms with van der Waals surface area (Å²) in [4.78, 5) is 0. The molecule has 0 amide bonds. The summed E-state index contributed by atoms with van der Waals surface area (Å²) >= 11 is 0. The van der Waals surface area contributed by atoms with Crippen LogP contribution in [0.1, 0.15) is 81.9 Å². The predicted octanol–water partition coefficient (Wildman–Crippen LogP) is 4.71. The standard InChI is InChI=1S/C22H33NO3S/c1-4-14-12-19-15(13-21(14)26-27(23,24)25)6-8-18-17(19)10-11-22(3)16(5-2)7-9-20(18)22/h12-13,16-18,20H,4-11H2,1-3H3,(H2,23,24,25)/t16-,17?,18?,20?,22+/m0/s1. The van der Waals surface area contributed by atoms with E-state index in [1.165, 1.54) is 49.7 Å². The molecular weight excluding hydrogens is 358 g/mol. The summed E-state index contributed by atoms with van der Waals surface area (Å²) in [6.07, 6.45) is 9.67. The Labute approximate surface area is 164 Å². The van der Waals surface area contributed by atoms with Gasteiger partial charge >= 0.3 is 10.3 Å². The average molecular weight is 392 g/mol. The lowest BCUT2D eigenvalue weighted by Gasteiger charge is -2.51. The Hall–Kier alpha value is -1.07. The molecular formula is C22H33NO3S. The van der Waals surface area contributed by atoms with Crippen LogP contribution in [0.5, 0.6) is 5.75 Å². The number of hydrogen-bond acceptors (Lipinski definition) is 3. The van der Waals surface area contributed by atoms with E-state index in [1.54, 1.807) is 0 Å². The summed E-state index contributed by atoms with van der Waals surface area (Å²) in [7, 11) is -3.99. The zero-order valence-corrected chi connectivity index (χ0v) is 17.6. The smallest absolute Gasteiger partial charge is 0.371 e. The zero-order chi connectivity index (χ0) is 19.4. The lowest BCUT2D eigenvalue weighted by atomic mass is 9.54. The minimum Gasteiger partial charge on any atom is -0.371 e. The van der Waals surface area contributed by atoms with Gasteiger partial charge in [0, 0.05) is 0 Å². The largest absolute Gasteiger partial charge is 0.380 e. The quantitative estimate of drug-likeness (QED) is 0.808. The summed E-state index contributed by atoms with van der Waals surface area (Å²) in [5.74, 6) is 3.56. The van der Waals surface area contributed by atoms with Crippen LogP contribution in [0.2, 0.25) is 0 Å². The second kappa shape index (κ2) is 6.77. The van der Waals surface area contributed by atoms with Crippen molar-refractivity contribution in [2.45, 2.75) is 78.1 Å². The Morgan fingerprint density at radius 3 is 2.63 bits per heavy atom. The lowest BCUT2D eigenvalue weighted by molar-refractivity contribution is 0.0273. The van der Waals surface area contributed by atoms with Gasteiger partial charge in [-0.05, 0) is 96.8 Å². The number of hydrogen-bond donors (Lipinski definition) is 1. The molecule has 2 N–H and O–H groups in total. The highest BCUT2D eigenvalue weighted by Crippen LogP contribution is 2.63. The second-order valence-corrected chi connectivity index (χ2v) is 10.4. The van der Waals surface area contributed by atoms with Gasteiger partial charge in [-0.25, -0.2) is 0 Å². The molecule has 3 aliphatic rings. The molecule has 0 saturated heterocycles. The highest BCUT2D eigenvalue weighted by molar-refractivity contribution is 7.84. The van der Waals surface area contributed by atoms with Gasteiger partial charge < -0.3 is 4.18 Å². The molecule has 1 aromatic rings. The molecule has 0 aliphatic heterocycles. The first-order chi connectivity index (χ1) is 12.8. The number of rotatable bonds is 4. The first kappa shape index (κ1) is 19.3. The Balaban J connectivity index is 1.69. The molecule has 4 nitrogen and oxygen atoms in total. The van der Waals surface area contributed by atoms with E-state index in [1.807, 2.05) is 13.0 Å². The van der Waals surface area contributed by atoms with Gasteiger partial charge in [0.1, 0.15) is 5.75 Å². The SMILES string of the molecule is CCc1cc2c(cc1OS(N)(=O)=O)CCC1C2CC[C@@]2(C)C1CC[C@@H]2CC. The van der Waals surface area contributed by atoms with Crippen molar-refractivity contribution < 1.29 is 12.6 Å². The van der Waals surface area contributed by atoms with Crippen LogP contribution in [0.15, 0.2) is 12.1 Å². The lowest BCUT2D eigenvalue weighted by Crippen LogP contribution is -2.42. The fourth-order valence-corrected chi connectivity index (χ4v) is 7.31. The van der Waals surface area contributed by atoms with E-state index in [9.17, 15) is 8.42 Å². The summed E-state index contributed by atoms with van der Waals surface area (Å²) in [6, 6.07) is 4.17. The van der Waals surface area contributed by atoms with Crippen molar-refractivity contribution in [3.05, 3.63) is 28.8 Å². The molecule has 2 saturated carbocycles. The van der Waals surface area contributed by atoms with Gasteiger partial charge in [0.05, 0.1) is 0 Å². The molecule has 150 valence electrons. The first-order valence-electron chi connectivity index (χ1n) is 10.6. The molecule has 3 aliphatic carbocycles. The molecule has 2 fully saturated rings.